The van der Waals surface area contributed by atoms with Gasteiger partial charge < -0.3 is 4.98 Å². The molecule has 2 aromatic rings. The average molecular weight is 282 g/mol. The van der Waals surface area contributed by atoms with Crippen molar-refractivity contribution in [2.45, 2.75) is 45.6 Å². The first-order valence-corrected chi connectivity index (χ1v) is 8.25. The number of nitrogens with zero attached hydrogens (tertiary/aromatic N) is 1. The molecule has 1 aliphatic heterocycles. The number of nitrogens with one attached hydrogen (secondary N) is 1. The molecule has 1 aromatic heterocycles. The monoisotopic (exact) mass is 282 g/mol. The molecule has 1 saturated heterocycles. The summed E-state index contributed by atoms with van der Waals surface area (Å²) in [4.78, 5) is 6.11. The van der Waals surface area contributed by atoms with Gasteiger partial charge in [-0.05, 0) is 62.4 Å². The lowest BCUT2D eigenvalue weighted by Gasteiger charge is -2.26. The first kappa shape index (κ1) is 14.4. The summed E-state index contributed by atoms with van der Waals surface area (Å²) in [5, 5.41) is 0. The molecule has 0 unspecified atom stereocenters. The second-order valence-electron chi connectivity index (χ2n) is 6.25. The third kappa shape index (κ3) is 3.76. The Morgan fingerprint density at radius 1 is 1.00 bits per heavy atom. The Kier molecular flexibility index (Phi) is 4.76. The van der Waals surface area contributed by atoms with E-state index in [1.807, 2.05) is 0 Å². The van der Waals surface area contributed by atoms with Crippen molar-refractivity contribution in [3.05, 3.63) is 58.9 Å². The van der Waals surface area contributed by atoms with Crippen molar-refractivity contribution in [3.63, 3.8) is 0 Å². The van der Waals surface area contributed by atoms with Crippen LogP contribution in [0.25, 0.3) is 0 Å². The third-order valence-electron chi connectivity index (χ3n) is 4.64. The van der Waals surface area contributed by atoms with Gasteiger partial charge in [-0.25, -0.2) is 0 Å². The van der Waals surface area contributed by atoms with Gasteiger partial charge in [0.15, 0.2) is 0 Å². The summed E-state index contributed by atoms with van der Waals surface area (Å²) in [6.45, 7) is 5.85. The lowest BCUT2D eigenvalue weighted by molar-refractivity contribution is 0.218. The standard InChI is InChI=1S/C19H26N2/c1-16-14-20-19(15-21-12-6-3-7-13-21)18(16)11-10-17-8-4-2-5-9-17/h2,4-5,8-9,14,20H,3,6-7,10-13,15H2,1H3. The van der Waals surface area contributed by atoms with Crippen LogP contribution in [-0.4, -0.2) is 23.0 Å². The second kappa shape index (κ2) is 6.95. The number of aromatic nitrogens is 1. The van der Waals surface area contributed by atoms with E-state index in [-0.39, 0.29) is 0 Å². The van der Waals surface area contributed by atoms with Gasteiger partial charge in [-0.1, -0.05) is 36.8 Å². The lowest BCUT2D eigenvalue weighted by atomic mass is 10.0. The molecule has 0 bridgehead atoms. The molecule has 1 N–H and O–H groups in total. The number of hydrogen-bond acceptors (Lipinski definition) is 1. The summed E-state index contributed by atoms with van der Waals surface area (Å²) >= 11 is 0. The summed E-state index contributed by atoms with van der Waals surface area (Å²) in [7, 11) is 0. The topological polar surface area (TPSA) is 19.0 Å². The first-order valence-electron chi connectivity index (χ1n) is 8.25. The van der Waals surface area contributed by atoms with Crippen molar-refractivity contribution in [2.24, 2.45) is 0 Å². The molecule has 1 aromatic carbocycles. The Hall–Kier alpha value is -1.54. The third-order valence-corrected chi connectivity index (χ3v) is 4.64. The summed E-state index contributed by atoms with van der Waals surface area (Å²) in [5.41, 5.74) is 5.81. The van der Waals surface area contributed by atoms with Crippen LogP contribution < -0.4 is 0 Å². The molecule has 0 atom stereocenters. The smallest absolute Gasteiger partial charge is 0.0387 e. The minimum absolute atomic E-state index is 1.10. The molecule has 2 nitrogen and oxygen atoms in total. The summed E-state index contributed by atoms with van der Waals surface area (Å²) in [6.07, 6.45) is 8.58. The van der Waals surface area contributed by atoms with Crippen molar-refractivity contribution < 1.29 is 0 Å². The van der Waals surface area contributed by atoms with Gasteiger partial charge in [-0.2, -0.15) is 0 Å². The van der Waals surface area contributed by atoms with Crippen LogP contribution in [0.1, 0.15) is 41.6 Å². The van der Waals surface area contributed by atoms with E-state index < -0.39 is 0 Å². The maximum absolute atomic E-state index is 3.52. The molecule has 0 radical (unpaired) electrons. The van der Waals surface area contributed by atoms with Gasteiger partial charge in [0.1, 0.15) is 0 Å². The molecule has 112 valence electrons. The van der Waals surface area contributed by atoms with Gasteiger partial charge in [0.05, 0.1) is 0 Å². The largest absolute Gasteiger partial charge is 0.363 e. The minimum Gasteiger partial charge on any atom is -0.363 e. The fourth-order valence-electron chi connectivity index (χ4n) is 3.35. The van der Waals surface area contributed by atoms with Crippen molar-refractivity contribution in [2.75, 3.05) is 13.1 Å². The fourth-order valence-corrected chi connectivity index (χ4v) is 3.35. The van der Waals surface area contributed by atoms with E-state index in [1.54, 1.807) is 0 Å². The van der Waals surface area contributed by atoms with Crippen LogP contribution in [0.15, 0.2) is 36.5 Å². The zero-order valence-corrected chi connectivity index (χ0v) is 13.1. The van der Waals surface area contributed by atoms with Gasteiger partial charge in [0, 0.05) is 18.4 Å². The molecule has 2 heteroatoms. The van der Waals surface area contributed by atoms with Gasteiger partial charge >= 0.3 is 0 Å². The van der Waals surface area contributed by atoms with Crippen LogP contribution in [0.5, 0.6) is 0 Å². The zero-order chi connectivity index (χ0) is 14.5. The summed E-state index contributed by atoms with van der Waals surface area (Å²) in [6, 6.07) is 10.8. The highest BCUT2D eigenvalue weighted by Crippen LogP contribution is 2.20. The first-order chi connectivity index (χ1) is 10.3. The van der Waals surface area contributed by atoms with Crippen molar-refractivity contribution in [3.8, 4) is 0 Å². The molecule has 0 aliphatic carbocycles. The predicted octanol–water partition coefficient (Wildman–Crippen LogP) is 4.09. The Bertz CT molecular complexity index is 550. The van der Waals surface area contributed by atoms with Crippen molar-refractivity contribution in [1.29, 1.82) is 0 Å². The van der Waals surface area contributed by atoms with E-state index in [9.17, 15) is 0 Å². The van der Waals surface area contributed by atoms with Gasteiger partial charge in [0.2, 0.25) is 0 Å². The number of piperidine rings is 1. The number of likely N-dealkylation sites (tertiary alicyclic amines) is 1. The van der Waals surface area contributed by atoms with Crippen molar-refractivity contribution in [1.82, 2.24) is 9.88 Å². The number of aromatic amines is 1. The molecule has 0 spiro atoms. The number of benzene rings is 1. The SMILES string of the molecule is Cc1c[nH]c(CN2CCCCC2)c1CCc1ccccc1. The van der Waals surface area contributed by atoms with Crippen LogP contribution in [0.4, 0.5) is 0 Å². The highest BCUT2D eigenvalue weighted by molar-refractivity contribution is 5.31. The fraction of sp³-hybridized carbons (Fsp3) is 0.474. The van der Waals surface area contributed by atoms with E-state index >= 15 is 0 Å². The highest BCUT2D eigenvalue weighted by Gasteiger charge is 2.14. The Balaban J connectivity index is 1.65. The molecule has 21 heavy (non-hydrogen) atoms. The molecule has 2 heterocycles. The molecular weight excluding hydrogens is 256 g/mol. The zero-order valence-electron chi connectivity index (χ0n) is 13.1. The maximum atomic E-state index is 3.52. The predicted molar refractivity (Wildman–Crippen MR) is 88.5 cm³/mol. The quantitative estimate of drug-likeness (QED) is 0.875. The molecule has 3 rings (SSSR count). The van der Waals surface area contributed by atoms with E-state index in [2.05, 4.69) is 53.3 Å². The molecule has 1 fully saturated rings. The van der Waals surface area contributed by atoms with Gasteiger partial charge in [0.25, 0.3) is 0 Å². The van der Waals surface area contributed by atoms with Crippen molar-refractivity contribution >= 4 is 0 Å². The van der Waals surface area contributed by atoms with Crippen LogP contribution in [-0.2, 0) is 19.4 Å². The van der Waals surface area contributed by atoms with Crippen LogP contribution >= 0.6 is 0 Å². The molecule has 0 amide bonds. The van der Waals surface area contributed by atoms with Crippen LogP contribution in [0, 0.1) is 6.92 Å². The number of H-pyrrole nitrogens is 1. The molecule has 0 saturated carbocycles. The minimum atomic E-state index is 1.10. The Morgan fingerprint density at radius 3 is 2.52 bits per heavy atom. The summed E-state index contributed by atoms with van der Waals surface area (Å²) in [5.74, 6) is 0. The normalized spacial score (nSPS) is 16.2. The highest BCUT2D eigenvalue weighted by atomic mass is 15.1. The summed E-state index contributed by atoms with van der Waals surface area (Å²) < 4.78 is 0. The van der Waals surface area contributed by atoms with Gasteiger partial charge in [-0.3, -0.25) is 4.90 Å². The maximum Gasteiger partial charge on any atom is 0.0387 e. The van der Waals surface area contributed by atoms with E-state index in [4.69, 9.17) is 0 Å². The Labute approximate surface area is 128 Å². The lowest BCUT2D eigenvalue weighted by Crippen LogP contribution is -2.29. The molecular formula is C19H26N2. The number of aryl methyl sites for hydroxylation is 2. The van der Waals surface area contributed by atoms with Gasteiger partial charge in [-0.15, -0.1) is 0 Å². The van der Waals surface area contributed by atoms with E-state index in [1.165, 1.54) is 54.7 Å². The van der Waals surface area contributed by atoms with E-state index in [0.29, 0.717) is 0 Å². The molecule has 1 aliphatic rings. The van der Waals surface area contributed by atoms with Crippen LogP contribution in [0.3, 0.4) is 0 Å². The van der Waals surface area contributed by atoms with E-state index in [0.717, 1.165) is 19.4 Å². The Morgan fingerprint density at radius 2 is 1.76 bits per heavy atom. The number of rotatable bonds is 5. The second-order valence-corrected chi connectivity index (χ2v) is 6.25. The van der Waals surface area contributed by atoms with Crippen LogP contribution in [0.2, 0.25) is 0 Å². The number of hydrogen-bond donors (Lipinski definition) is 1. The average Bonchev–Trinajstić information content (AvgIpc) is 2.87.